The Hall–Kier alpha value is -2.70. The monoisotopic (exact) mass is 438 g/mol. The van der Waals surface area contributed by atoms with E-state index in [1.165, 1.54) is 0 Å². The number of nitrogens with one attached hydrogen (secondary N) is 1. The summed E-state index contributed by atoms with van der Waals surface area (Å²) in [6, 6.07) is 20.3. The molecule has 30 heavy (non-hydrogen) atoms. The Balaban J connectivity index is 1.74. The van der Waals surface area contributed by atoms with Crippen molar-refractivity contribution < 1.29 is 9.47 Å². The van der Waals surface area contributed by atoms with Crippen LogP contribution in [0, 0.1) is 0 Å². The fourth-order valence-electron chi connectivity index (χ4n) is 3.80. The summed E-state index contributed by atoms with van der Waals surface area (Å²) in [6.07, 6.45) is 0. The van der Waals surface area contributed by atoms with Crippen LogP contribution in [0.15, 0.2) is 71.5 Å². The number of H-pyrrole nitrogens is 1. The maximum atomic E-state index is 12.2. The van der Waals surface area contributed by atoms with Gasteiger partial charge in [0.15, 0.2) is 0 Å². The van der Waals surface area contributed by atoms with Crippen LogP contribution in [0.4, 0.5) is 0 Å². The summed E-state index contributed by atoms with van der Waals surface area (Å²) >= 11 is 12.2. The highest BCUT2D eigenvalue weighted by molar-refractivity contribution is 6.31. The molecule has 0 radical (unpaired) electrons. The fourth-order valence-corrected chi connectivity index (χ4v) is 4.11. The number of nitrogens with zero attached hydrogens (tertiary/aromatic N) is 1. The zero-order valence-electron chi connectivity index (χ0n) is 15.7. The molecule has 1 fully saturated rings. The van der Waals surface area contributed by atoms with E-state index in [-0.39, 0.29) is 0 Å². The number of fused-ring (bicyclic) bond motifs is 1. The number of benzene rings is 3. The Morgan fingerprint density at radius 2 is 1.60 bits per heavy atom. The van der Waals surface area contributed by atoms with Crippen LogP contribution in [0.5, 0.6) is 0 Å². The molecule has 0 aliphatic carbocycles. The number of rotatable bonds is 3. The van der Waals surface area contributed by atoms with E-state index in [0.717, 1.165) is 22.1 Å². The van der Waals surface area contributed by atoms with Gasteiger partial charge in [-0.25, -0.2) is 4.79 Å². The van der Waals surface area contributed by atoms with Crippen molar-refractivity contribution in [3.63, 3.8) is 0 Å². The second-order valence-electron chi connectivity index (χ2n) is 6.98. The van der Waals surface area contributed by atoms with Gasteiger partial charge >= 0.3 is 5.69 Å². The maximum Gasteiger partial charge on any atom is 0.345 e. The van der Waals surface area contributed by atoms with Crippen LogP contribution in [0.1, 0.15) is 11.1 Å². The Morgan fingerprint density at radius 1 is 0.867 bits per heavy atom. The van der Waals surface area contributed by atoms with Gasteiger partial charge in [-0.15, -0.1) is 0 Å². The maximum absolute atomic E-state index is 12.2. The van der Waals surface area contributed by atoms with E-state index >= 15 is 0 Å². The third-order valence-corrected chi connectivity index (χ3v) is 5.61. The number of hydrogen-bond acceptors (Lipinski definition) is 4. The van der Waals surface area contributed by atoms with Gasteiger partial charge in [-0.2, -0.15) is 4.98 Å². The molecule has 7 heteroatoms. The number of hydrogen-bond donors (Lipinski definition) is 1. The average molecular weight is 439 g/mol. The van der Waals surface area contributed by atoms with E-state index in [2.05, 4.69) is 9.97 Å². The van der Waals surface area contributed by atoms with Crippen molar-refractivity contribution in [1.29, 1.82) is 0 Å². The molecule has 1 aliphatic heterocycles. The van der Waals surface area contributed by atoms with Crippen LogP contribution in [0.25, 0.3) is 22.2 Å². The van der Waals surface area contributed by atoms with E-state index in [9.17, 15) is 4.79 Å². The zero-order valence-corrected chi connectivity index (χ0v) is 17.2. The molecule has 5 rings (SSSR count). The summed E-state index contributed by atoms with van der Waals surface area (Å²) in [5, 5.41) is 1.97. The molecule has 2 heterocycles. The lowest BCUT2D eigenvalue weighted by Gasteiger charge is -2.28. The van der Waals surface area contributed by atoms with Crippen LogP contribution in [-0.2, 0) is 15.3 Å². The van der Waals surface area contributed by atoms with Crippen LogP contribution in [0.2, 0.25) is 10.0 Å². The van der Waals surface area contributed by atoms with Gasteiger partial charge in [0.1, 0.15) is 0 Å². The summed E-state index contributed by atoms with van der Waals surface area (Å²) < 4.78 is 12.2. The van der Waals surface area contributed by atoms with Gasteiger partial charge < -0.3 is 14.5 Å². The normalized spacial score (nSPS) is 15.5. The molecule has 0 spiro atoms. The quantitative estimate of drug-likeness (QED) is 0.480. The van der Waals surface area contributed by atoms with Crippen molar-refractivity contribution in [2.45, 2.75) is 5.79 Å². The first-order chi connectivity index (χ1) is 14.5. The summed E-state index contributed by atoms with van der Waals surface area (Å²) in [6.45, 7) is 0.928. The van der Waals surface area contributed by atoms with E-state index in [4.69, 9.17) is 32.7 Å². The van der Waals surface area contributed by atoms with Crippen molar-refractivity contribution in [2.75, 3.05) is 13.2 Å². The third kappa shape index (κ3) is 3.30. The lowest BCUT2D eigenvalue weighted by atomic mass is 9.94. The molecule has 1 saturated heterocycles. The first-order valence-corrected chi connectivity index (χ1v) is 10.2. The molecule has 5 nitrogen and oxygen atoms in total. The molecule has 0 amide bonds. The van der Waals surface area contributed by atoms with Gasteiger partial charge in [0.25, 0.3) is 0 Å². The predicted octanol–water partition coefficient (Wildman–Crippen LogP) is 5.14. The van der Waals surface area contributed by atoms with Crippen LogP contribution in [-0.4, -0.2) is 23.2 Å². The highest BCUT2D eigenvalue weighted by Crippen LogP contribution is 2.40. The van der Waals surface area contributed by atoms with Gasteiger partial charge in [0.2, 0.25) is 5.79 Å². The molecule has 0 saturated carbocycles. The minimum absolute atomic E-state index is 0.425. The topological polar surface area (TPSA) is 64.2 Å². The van der Waals surface area contributed by atoms with Crippen LogP contribution in [0.3, 0.4) is 0 Å². The van der Waals surface area contributed by atoms with Crippen LogP contribution >= 0.6 is 23.2 Å². The van der Waals surface area contributed by atoms with Crippen LogP contribution < -0.4 is 5.69 Å². The largest absolute Gasteiger partial charge is 0.345 e. The molecule has 1 aromatic heterocycles. The molecule has 0 atom stereocenters. The number of halogens is 2. The minimum atomic E-state index is -1.06. The first kappa shape index (κ1) is 19.3. The molecule has 0 unspecified atom stereocenters. The third-order valence-electron chi connectivity index (χ3n) is 5.13. The highest BCUT2D eigenvalue weighted by Gasteiger charge is 2.41. The molecule has 1 aliphatic rings. The second kappa shape index (κ2) is 7.52. The van der Waals surface area contributed by atoms with E-state index in [0.29, 0.717) is 34.5 Å². The smallest absolute Gasteiger partial charge is 0.340 e. The number of aromatic nitrogens is 2. The molecule has 3 aromatic carbocycles. The Morgan fingerprint density at radius 3 is 2.33 bits per heavy atom. The van der Waals surface area contributed by atoms with E-state index in [1.54, 1.807) is 24.3 Å². The average Bonchev–Trinajstić information content (AvgIpc) is 3.24. The van der Waals surface area contributed by atoms with E-state index in [1.807, 2.05) is 42.5 Å². The first-order valence-electron chi connectivity index (χ1n) is 9.40. The Kier molecular flexibility index (Phi) is 4.83. The molecular weight excluding hydrogens is 423 g/mol. The standard InChI is InChI=1S/C23H16Cl2N2O3/c24-17-7-4-15(5-8-17)23(29-10-11-30-23)16-6-9-20-19(13-16)21(27-22(28)26-20)14-2-1-3-18(25)12-14/h1-9,12-13H,10-11H2,(H,26,27,28). The van der Waals surface area contributed by atoms with Gasteiger partial charge in [-0.3, -0.25) is 0 Å². The van der Waals surface area contributed by atoms with Crippen molar-refractivity contribution >= 4 is 34.1 Å². The minimum Gasteiger partial charge on any atom is -0.340 e. The van der Waals surface area contributed by atoms with E-state index < -0.39 is 11.5 Å². The van der Waals surface area contributed by atoms with Gasteiger partial charge in [0.05, 0.1) is 24.4 Å². The van der Waals surface area contributed by atoms with Crippen molar-refractivity contribution in [3.8, 4) is 11.3 Å². The summed E-state index contributed by atoms with van der Waals surface area (Å²) in [5.41, 5.74) is 3.17. The van der Waals surface area contributed by atoms with Crippen molar-refractivity contribution in [2.24, 2.45) is 0 Å². The molecule has 0 bridgehead atoms. The zero-order chi connectivity index (χ0) is 20.7. The lowest BCUT2D eigenvalue weighted by molar-refractivity contribution is -0.129. The second-order valence-corrected chi connectivity index (χ2v) is 7.85. The Bertz CT molecular complexity index is 1300. The molecule has 1 N–H and O–H groups in total. The van der Waals surface area contributed by atoms with Gasteiger partial charge in [-0.05, 0) is 36.4 Å². The Labute approximate surface area is 182 Å². The highest BCUT2D eigenvalue weighted by atomic mass is 35.5. The van der Waals surface area contributed by atoms with Crippen molar-refractivity contribution in [1.82, 2.24) is 9.97 Å². The fraction of sp³-hybridized carbons (Fsp3) is 0.130. The SMILES string of the molecule is O=c1nc(-c2cccc(Cl)c2)c2cc(C3(c4ccc(Cl)cc4)OCCO3)ccc2[nH]1. The van der Waals surface area contributed by atoms with Crippen molar-refractivity contribution in [3.05, 3.63) is 98.4 Å². The number of aromatic amines is 1. The predicted molar refractivity (Wildman–Crippen MR) is 117 cm³/mol. The number of ether oxygens (including phenoxy) is 2. The lowest BCUT2D eigenvalue weighted by Crippen LogP contribution is -2.28. The molecule has 4 aromatic rings. The molecule has 150 valence electrons. The van der Waals surface area contributed by atoms with Gasteiger partial charge in [0, 0.05) is 32.1 Å². The van der Waals surface area contributed by atoms with Gasteiger partial charge in [-0.1, -0.05) is 53.5 Å². The summed E-state index contributed by atoms with van der Waals surface area (Å²) in [4.78, 5) is 19.2. The summed E-state index contributed by atoms with van der Waals surface area (Å²) in [5.74, 6) is -1.06. The summed E-state index contributed by atoms with van der Waals surface area (Å²) in [7, 11) is 0. The molecular formula is C23H16Cl2N2O3.